The Kier molecular flexibility index (Phi) is 10.9. The Morgan fingerprint density at radius 2 is 1.95 bits per heavy atom. The summed E-state index contributed by atoms with van der Waals surface area (Å²) in [5.74, 6) is 0.735. The van der Waals surface area contributed by atoms with E-state index in [-0.39, 0.29) is 42.2 Å². The Morgan fingerprint density at radius 1 is 1.38 bits per heavy atom. The number of carbonyl (C=O) groups is 1. The second-order valence-electron chi connectivity index (χ2n) is 7.26. The van der Waals surface area contributed by atoms with Crippen LogP contribution in [0.3, 0.4) is 0 Å². The van der Waals surface area contributed by atoms with Crippen LogP contribution in [-0.2, 0) is 4.79 Å². The van der Waals surface area contributed by atoms with Gasteiger partial charge >= 0.3 is 0 Å². The Morgan fingerprint density at radius 3 is 2.43 bits per heavy atom. The number of nitrogens with zero attached hydrogens (tertiary/aromatic N) is 1. The summed E-state index contributed by atoms with van der Waals surface area (Å²) in [5.41, 5.74) is 5.78. The van der Waals surface area contributed by atoms with Crippen LogP contribution in [0.1, 0.15) is 47.5 Å². The van der Waals surface area contributed by atoms with E-state index in [0.29, 0.717) is 0 Å². The lowest BCUT2D eigenvalue weighted by Gasteiger charge is -2.34. The molecule has 6 heteroatoms. The Balaban J connectivity index is 0. The van der Waals surface area contributed by atoms with Crippen LogP contribution in [0, 0.1) is 11.3 Å². The molecule has 3 atom stereocenters. The third-order valence-electron chi connectivity index (χ3n) is 3.88. The van der Waals surface area contributed by atoms with E-state index >= 15 is 0 Å². The molecule has 4 nitrogen and oxygen atoms in total. The summed E-state index contributed by atoms with van der Waals surface area (Å²) in [6, 6.07) is -0.290. The van der Waals surface area contributed by atoms with Gasteiger partial charge in [-0.1, -0.05) is 27.7 Å². The molecule has 21 heavy (non-hydrogen) atoms. The maximum atomic E-state index is 12.1. The minimum absolute atomic E-state index is 0. The minimum atomic E-state index is -0.449. The zero-order chi connectivity index (χ0) is 14.6. The van der Waals surface area contributed by atoms with E-state index in [2.05, 4.69) is 24.1 Å². The molecule has 2 unspecified atom stereocenters. The number of hydrogen-bond acceptors (Lipinski definition) is 3. The predicted octanol–water partition coefficient (Wildman–Crippen LogP) is 2.44. The number of nitrogens with two attached hydrogens (primary N) is 1. The van der Waals surface area contributed by atoms with Crippen LogP contribution in [-0.4, -0.2) is 42.5 Å². The lowest BCUT2D eigenvalue weighted by atomic mass is 9.87. The van der Waals surface area contributed by atoms with Crippen molar-refractivity contribution in [1.82, 2.24) is 10.2 Å². The fourth-order valence-corrected chi connectivity index (χ4v) is 2.61. The van der Waals surface area contributed by atoms with Crippen LogP contribution in [0.2, 0.25) is 0 Å². The molecule has 1 aliphatic rings. The smallest absolute Gasteiger partial charge is 0.237 e. The van der Waals surface area contributed by atoms with Crippen molar-refractivity contribution < 1.29 is 4.79 Å². The van der Waals surface area contributed by atoms with E-state index < -0.39 is 6.04 Å². The fraction of sp³-hybridized carbons (Fsp3) is 0.933. The number of nitrogens with one attached hydrogen (secondary N) is 1. The van der Waals surface area contributed by atoms with Gasteiger partial charge in [0.2, 0.25) is 5.91 Å². The van der Waals surface area contributed by atoms with Gasteiger partial charge in [0.1, 0.15) is 0 Å². The molecule has 0 saturated carbocycles. The monoisotopic (exact) mass is 341 g/mol. The minimum Gasteiger partial charge on any atom is -0.351 e. The highest BCUT2D eigenvalue weighted by molar-refractivity contribution is 5.85. The molecule has 3 N–H and O–H groups in total. The SMILES string of the molecule is CC1CCCN(CC(C)NC(=O)[C@@H](N)C(C)(C)C)C1.Cl.Cl. The van der Waals surface area contributed by atoms with Crippen LogP contribution in [0.15, 0.2) is 0 Å². The van der Waals surface area contributed by atoms with E-state index in [4.69, 9.17) is 5.73 Å². The molecule has 0 aromatic rings. The fourth-order valence-electron chi connectivity index (χ4n) is 2.61. The molecule has 0 spiro atoms. The molecule has 1 fully saturated rings. The summed E-state index contributed by atoms with van der Waals surface area (Å²) >= 11 is 0. The highest BCUT2D eigenvalue weighted by Crippen LogP contribution is 2.18. The van der Waals surface area contributed by atoms with Crippen molar-refractivity contribution in [1.29, 1.82) is 0 Å². The largest absolute Gasteiger partial charge is 0.351 e. The molecule has 1 aliphatic heterocycles. The van der Waals surface area contributed by atoms with Crippen molar-refractivity contribution in [3.63, 3.8) is 0 Å². The lowest BCUT2D eigenvalue weighted by molar-refractivity contribution is -0.125. The van der Waals surface area contributed by atoms with Crippen LogP contribution < -0.4 is 11.1 Å². The van der Waals surface area contributed by atoms with Gasteiger partial charge in [-0.3, -0.25) is 4.79 Å². The van der Waals surface area contributed by atoms with Gasteiger partial charge in [0.05, 0.1) is 6.04 Å². The Bertz CT molecular complexity index is 308. The molecule has 1 heterocycles. The zero-order valence-electron chi connectivity index (χ0n) is 14.0. The molecular weight excluding hydrogens is 309 g/mol. The molecule has 1 saturated heterocycles. The summed E-state index contributed by atoms with van der Waals surface area (Å²) in [7, 11) is 0. The first-order valence-electron chi connectivity index (χ1n) is 7.48. The third-order valence-corrected chi connectivity index (χ3v) is 3.88. The zero-order valence-corrected chi connectivity index (χ0v) is 15.6. The first kappa shape index (κ1) is 23.2. The molecule has 1 amide bonds. The van der Waals surface area contributed by atoms with Gasteiger partial charge in [-0.15, -0.1) is 24.8 Å². The Labute approximate surface area is 142 Å². The molecule has 0 aromatic carbocycles. The molecule has 0 radical (unpaired) electrons. The summed E-state index contributed by atoms with van der Waals surface area (Å²) in [6.07, 6.45) is 2.59. The molecule has 0 aliphatic carbocycles. The van der Waals surface area contributed by atoms with Crippen molar-refractivity contribution in [2.45, 2.75) is 59.5 Å². The van der Waals surface area contributed by atoms with Crippen molar-refractivity contribution in [2.24, 2.45) is 17.1 Å². The van der Waals surface area contributed by atoms with Gasteiger partial charge in [-0.2, -0.15) is 0 Å². The second kappa shape index (κ2) is 9.88. The van der Waals surface area contributed by atoms with E-state index in [0.717, 1.165) is 25.6 Å². The van der Waals surface area contributed by atoms with Gasteiger partial charge in [0.25, 0.3) is 0 Å². The topological polar surface area (TPSA) is 58.4 Å². The van der Waals surface area contributed by atoms with Crippen LogP contribution in [0.4, 0.5) is 0 Å². The van der Waals surface area contributed by atoms with E-state index in [9.17, 15) is 4.79 Å². The van der Waals surface area contributed by atoms with Crippen molar-refractivity contribution in [3.8, 4) is 0 Å². The van der Waals surface area contributed by atoms with Gasteiger partial charge in [0.15, 0.2) is 0 Å². The lowest BCUT2D eigenvalue weighted by Crippen LogP contribution is -2.53. The average Bonchev–Trinajstić information content (AvgIpc) is 2.26. The number of rotatable bonds is 4. The maximum Gasteiger partial charge on any atom is 0.237 e. The van der Waals surface area contributed by atoms with Crippen LogP contribution in [0.5, 0.6) is 0 Å². The molecule has 0 bridgehead atoms. The highest BCUT2D eigenvalue weighted by Gasteiger charge is 2.28. The molecule has 128 valence electrons. The predicted molar refractivity (Wildman–Crippen MR) is 94.4 cm³/mol. The molecule has 1 rings (SSSR count). The third kappa shape index (κ3) is 8.24. The number of likely N-dealkylation sites (tertiary alicyclic amines) is 1. The number of hydrogen-bond donors (Lipinski definition) is 2. The number of halogens is 2. The van der Waals surface area contributed by atoms with Crippen molar-refractivity contribution >= 4 is 30.7 Å². The number of amides is 1. The standard InChI is InChI=1S/C15H31N3O.2ClH/c1-11-7-6-8-18(9-11)10-12(2)17-14(19)13(16)15(3,4)5;;/h11-13H,6-10,16H2,1-5H3,(H,17,19);2*1H/t11?,12?,13-;;/m1../s1. The number of carbonyl (C=O) groups excluding carboxylic acids is 1. The highest BCUT2D eigenvalue weighted by atomic mass is 35.5. The van der Waals surface area contributed by atoms with Crippen molar-refractivity contribution in [2.75, 3.05) is 19.6 Å². The van der Waals surface area contributed by atoms with Gasteiger partial charge in [0, 0.05) is 19.1 Å². The summed E-state index contributed by atoms with van der Waals surface area (Å²) < 4.78 is 0. The molecule has 0 aromatic heterocycles. The first-order valence-corrected chi connectivity index (χ1v) is 7.48. The van der Waals surface area contributed by atoms with E-state index in [1.165, 1.54) is 12.8 Å². The van der Waals surface area contributed by atoms with Gasteiger partial charge in [-0.25, -0.2) is 0 Å². The Hall–Kier alpha value is -0.0300. The average molecular weight is 342 g/mol. The van der Waals surface area contributed by atoms with Gasteiger partial charge < -0.3 is 16.0 Å². The molecular formula is C15H33Cl2N3O. The maximum absolute atomic E-state index is 12.1. The summed E-state index contributed by atoms with van der Waals surface area (Å²) in [6.45, 7) is 13.6. The number of piperidine rings is 1. The van der Waals surface area contributed by atoms with Crippen LogP contribution in [0.25, 0.3) is 0 Å². The van der Waals surface area contributed by atoms with Crippen molar-refractivity contribution in [3.05, 3.63) is 0 Å². The first-order chi connectivity index (χ1) is 8.70. The summed E-state index contributed by atoms with van der Waals surface area (Å²) in [5, 5.41) is 3.04. The quantitative estimate of drug-likeness (QED) is 0.825. The van der Waals surface area contributed by atoms with Gasteiger partial charge in [-0.05, 0) is 37.6 Å². The van der Waals surface area contributed by atoms with E-state index in [1.54, 1.807) is 0 Å². The summed E-state index contributed by atoms with van der Waals surface area (Å²) in [4.78, 5) is 14.5. The van der Waals surface area contributed by atoms with Crippen LogP contribution >= 0.6 is 24.8 Å². The van der Waals surface area contributed by atoms with E-state index in [1.807, 2.05) is 20.8 Å². The second-order valence-corrected chi connectivity index (χ2v) is 7.26. The normalized spacial score (nSPS) is 22.5.